The maximum atomic E-state index is 6.62. The summed E-state index contributed by atoms with van der Waals surface area (Å²) in [6.07, 6.45) is 0. The van der Waals surface area contributed by atoms with Gasteiger partial charge >= 0.3 is 0 Å². The monoisotopic (exact) mass is 384 g/mol. The van der Waals surface area contributed by atoms with Crippen molar-refractivity contribution in [2.75, 3.05) is 33.2 Å². The van der Waals surface area contributed by atoms with E-state index in [4.69, 9.17) is 11.6 Å². The van der Waals surface area contributed by atoms with Crippen molar-refractivity contribution < 1.29 is 0 Å². The van der Waals surface area contributed by atoms with E-state index in [9.17, 15) is 0 Å². The van der Waals surface area contributed by atoms with Crippen molar-refractivity contribution in [2.24, 2.45) is 0 Å². The second-order valence-electron chi connectivity index (χ2n) is 6.48. The largest absolute Gasteiger partial charge is 0.303 e. The number of likely N-dealkylation sites (N-methyl/N-ethyl adjacent to an activating group) is 1. The van der Waals surface area contributed by atoms with Gasteiger partial charge in [-0.2, -0.15) is 0 Å². The zero-order valence-electron chi connectivity index (χ0n) is 13.7. The number of hydrogen-bond acceptors (Lipinski definition) is 2. The topological polar surface area (TPSA) is 6.48 Å². The molecule has 2 aromatic rings. The summed E-state index contributed by atoms with van der Waals surface area (Å²) in [5, 5.41) is 0.920. The molecule has 0 unspecified atom stereocenters. The first kappa shape index (κ1) is 19.6. The zero-order valence-corrected chi connectivity index (χ0v) is 16.1. The Labute approximate surface area is 161 Å². The van der Waals surface area contributed by atoms with Crippen molar-refractivity contribution in [3.05, 3.63) is 70.2 Å². The molecule has 1 fully saturated rings. The molecule has 0 saturated carbocycles. The number of nitrogens with zero attached hydrogens (tertiary/aromatic N) is 2. The predicted octanol–water partition coefficient (Wildman–Crippen LogP) is 4.62. The molecule has 0 radical (unpaired) electrons. The maximum absolute atomic E-state index is 6.62. The molecule has 0 spiro atoms. The molecule has 2 atom stereocenters. The van der Waals surface area contributed by atoms with Crippen LogP contribution in [0.3, 0.4) is 0 Å². The van der Waals surface area contributed by atoms with Crippen LogP contribution in [0.25, 0.3) is 0 Å². The number of piperazine rings is 1. The van der Waals surface area contributed by atoms with E-state index in [-0.39, 0.29) is 24.8 Å². The molecular formula is C19H23Cl3N2. The van der Waals surface area contributed by atoms with E-state index in [1.807, 2.05) is 6.07 Å². The van der Waals surface area contributed by atoms with E-state index in [1.165, 1.54) is 16.7 Å². The predicted molar refractivity (Wildman–Crippen MR) is 106 cm³/mol. The van der Waals surface area contributed by atoms with Crippen molar-refractivity contribution in [2.45, 2.75) is 12.0 Å². The minimum atomic E-state index is 0. The fourth-order valence-electron chi connectivity index (χ4n) is 3.96. The van der Waals surface area contributed by atoms with E-state index < -0.39 is 0 Å². The lowest BCUT2D eigenvalue weighted by Crippen LogP contribution is -2.50. The van der Waals surface area contributed by atoms with Gasteiger partial charge in [0.15, 0.2) is 0 Å². The minimum absolute atomic E-state index is 0. The molecule has 5 heteroatoms. The Morgan fingerprint density at radius 3 is 2.42 bits per heavy atom. The van der Waals surface area contributed by atoms with Gasteiger partial charge in [-0.25, -0.2) is 0 Å². The Hall–Kier alpha value is -0.770. The summed E-state index contributed by atoms with van der Waals surface area (Å²) in [6.45, 7) is 4.42. The molecule has 130 valence electrons. The fraction of sp³-hybridized carbons (Fsp3) is 0.368. The molecular weight excluding hydrogens is 363 g/mol. The molecule has 0 amide bonds. The van der Waals surface area contributed by atoms with Gasteiger partial charge in [-0.3, -0.25) is 4.90 Å². The van der Waals surface area contributed by atoms with E-state index in [2.05, 4.69) is 59.3 Å². The standard InChI is InChI=1S/C19H21ClN2.2ClH/c1-21-10-11-22-12-16(14-6-3-2-4-7-14)15-8-5-9-17(20)19(15)18(22)13-21;;/h2-9,16,18H,10-13H2,1H3;2*1H/t16-,18+;;/m0../s1. The molecule has 2 heterocycles. The average Bonchev–Trinajstić information content (AvgIpc) is 2.55. The SMILES string of the molecule is CN1CCN2C[C@@H](c3ccccc3)c3cccc(Cl)c3[C@H]2C1.Cl.Cl. The third-order valence-corrected chi connectivity index (χ3v) is 5.44. The summed E-state index contributed by atoms with van der Waals surface area (Å²) in [6, 6.07) is 17.7. The highest BCUT2D eigenvalue weighted by Gasteiger charge is 2.37. The van der Waals surface area contributed by atoms with Gasteiger partial charge in [0.1, 0.15) is 0 Å². The minimum Gasteiger partial charge on any atom is -0.303 e. The Morgan fingerprint density at radius 1 is 0.917 bits per heavy atom. The van der Waals surface area contributed by atoms with Gasteiger partial charge in [0.2, 0.25) is 0 Å². The first-order chi connectivity index (χ1) is 10.7. The van der Waals surface area contributed by atoms with E-state index >= 15 is 0 Å². The molecule has 2 nitrogen and oxygen atoms in total. The highest BCUT2D eigenvalue weighted by molar-refractivity contribution is 6.31. The Kier molecular flexibility index (Phi) is 6.58. The van der Waals surface area contributed by atoms with E-state index in [0.29, 0.717) is 12.0 Å². The fourth-order valence-corrected chi connectivity index (χ4v) is 4.27. The molecule has 2 aliphatic heterocycles. The third-order valence-electron chi connectivity index (χ3n) is 5.11. The van der Waals surface area contributed by atoms with Gasteiger partial charge in [-0.1, -0.05) is 54.1 Å². The molecule has 4 rings (SSSR count). The van der Waals surface area contributed by atoms with Gasteiger partial charge in [0, 0.05) is 43.2 Å². The summed E-state index contributed by atoms with van der Waals surface area (Å²) in [5.74, 6) is 0.426. The smallest absolute Gasteiger partial charge is 0.0493 e. The van der Waals surface area contributed by atoms with Crippen LogP contribution < -0.4 is 0 Å². The third kappa shape index (κ3) is 3.44. The molecule has 0 N–H and O–H groups in total. The Morgan fingerprint density at radius 2 is 1.67 bits per heavy atom. The second kappa shape index (κ2) is 8.07. The molecule has 0 bridgehead atoms. The number of halogens is 3. The lowest BCUT2D eigenvalue weighted by Gasteiger charge is -2.47. The van der Waals surface area contributed by atoms with Crippen LogP contribution in [0.15, 0.2) is 48.5 Å². The molecule has 24 heavy (non-hydrogen) atoms. The number of fused-ring (bicyclic) bond motifs is 3. The Balaban J connectivity index is 0.00000104. The van der Waals surface area contributed by atoms with Crippen molar-refractivity contribution >= 4 is 36.4 Å². The van der Waals surface area contributed by atoms with Gasteiger partial charge < -0.3 is 4.90 Å². The first-order valence-corrected chi connectivity index (χ1v) is 8.37. The average molecular weight is 386 g/mol. The van der Waals surface area contributed by atoms with Gasteiger partial charge in [0.25, 0.3) is 0 Å². The van der Waals surface area contributed by atoms with Crippen molar-refractivity contribution in [1.82, 2.24) is 9.80 Å². The van der Waals surface area contributed by atoms with Crippen LogP contribution in [0.4, 0.5) is 0 Å². The summed E-state index contributed by atoms with van der Waals surface area (Å²) in [5.41, 5.74) is 4.15. The van der Waals surface area contributed by atoms with Crippen LogP contribution in [0.5, 0.6) is 0 Å². The number of rotatable bonds is 1. The van der Waals surface area contributed by atoms with Gasteiger partial charge in [-0.05, 0) is 29.8 Å². The summed E-state index contributed by atoms with van der Waals surface area (Å²) >= 11 is 6.62. The molecule has 1 saturated heterocycles. The highest BCUT2D eigenvalue weighted by atomic mass is 35.5. The summed E-state index contributed by atoms with van der Waals surface area (Å²) in [4.78, 5) is 5.03. The van der Waals surface area contributed by atoms with Crippen LogP contribution in [-0.4, -0.2) is 43.0 Å². The van der Waals surface area contributed by atoms with Crippen molar-refractivity contribution in [3.8, 4) is 0 Å². The number of benzene rings is 2. The van der Waals surface area contributed by atoms with Crippen molar-refractivity contribution in [1.29, 1.82) is 0 Å². The lowest BCUT2D eigenvalue weighted by atomic mass is 9.80. The van der Waals surface area contributed by atoms with Crippen LogP contribution in [0, 0.1) is 0 Å². The summed E-state index contributed by atoms with van der Waals surface area (Å²) < 4.78 is 0. The summed E-state index contributed by atoms with van der Waals surface area (Å²) in [7, 11) is 2.21. The van der Waals surface area contributed by atoms with Crippen LogP contribution in [-0.2, 0) is 0 Å². The van der Waals surface area contributed by atoms with Crippen LogP contribution in [0.2, 0.25) is 5.02 Å². The molecule has 0 aliphatic carbocycles. The van der Waals surface area contributed by atoms with Gasteiger partial charge in [-0.15, -0.1) is 24.8 Å². The van der Waals surface area contributed by atoms with Gasteiger partial charge in [0.05, 0.1) is 0 Å². The van der Waals surface area contributed by atoms with Crippen LogP contribution in [0.1, 0.15) is 28.7 Å². The van der Waals surface area contributed by atoms with E-state index in [1.54, 1.807) is 0 Å². The Bertz CT molecular complexity index is 678. The normalized spacial score (nSPS) is 23.4. The van der Waals surface area contributed by atoms with Crippen LogP contribution >= 0.6 is 36.4 Å². The quantitative estimate of drug-likeness (QED) is 0.707. The first-order valence-electron chi connectivity index (χ1n) is 8.00. The highest BCUT2D eigenvalue weighted by Crippen LogP contribution is 2.43. The molecule has 2 aromatic carbocycles. The lowest BCUT2D eigenvalue weighted by molar-refractivity contribution is 0.0773. The molecule has 2 aliphatic rings. The number of hydrogen-bond donors (Lipinski definition) is 0. The van der Waals surface area contributed by atoms with E-state index in [0.717, 1.165) is 31.2 Å². The van der Waals surface area contributed by atoms with Crippen molar-refractivity contribution in [3.63, 3.8) is 0 Å². The molecule has 0 aromatic heterocycles. The second-order valence-corrected chi connectivity index (χ2v) is 6.89. The maximum Gasteiger partial charge on any atom is 0.0493 e. The zero-order chi connectivity index (χ0) is 15.1.